The van der Waals surface area contributed by atoms with Gasteiger partial charge in [-0.2, -0.15) is 0 Å². The lowest BCUT2D eigenvalue weighted by molar-refractivity contribution is 0.593. The molecule has 0 heterocycles. The maximum atomic E-state index is 11.8. The highest BCUT2D eigenvalue weighted by molar-refractivity contribution is 7.92. The van der Waals surface area contributed by atoms with E-state index in [0.717, 1.165) is 6.54 Å². The topological polar surface area (TPSA) is 58.2 Å². The lowest BCUT2D eigenvalue weighted by atomic mass is 10.3. The van der Waals surface area contributed by atoms with Crippen molar-refractivity contribution in [2.75, 3.05) is 17.0 Å². The molecular formula is C12H17ClN2O2S. The van der Waals surface area contributed by atoms with Crippen LogP contribution in [-0.4, -0.2) is 26.8 Å². The molecule has 1 aliphatic carbocycles. The quantitative estimate of drug-likeness (QED) is 0.757. The van der Waals surface area contributed by atoms with Crippen molar-refractivity contribution in [3.05, 3.63) is 29.3 Å². The summed E-state index contributed by atoms with van der Waals surface area (Å²) < 4.78 is 26.1. The van der Waals surface area contributed by atoms with Gasteiger partial charge in [0.1, 0.15) is 0 Å². The predicted octanol–water partition coefficient (Wildman–Crippen LogP) is 2.22. The van der Waals surface area contributed by atoms with E-state index in [1.165, 1.54) is 12.8 Å². The molecule has 0 radical (unpaired) electrons. The summed E-state index contributed by atoms with van der Waals surface area (Å²) in [5.74, 6) is 0.109. The normalized spacial score (nSPS) is 15.6. The molecule has 1 fully saturated rings. The molecule has 0 saturated heterocycles. The molecule has 1 aliphatic rings. The number of nitrogens with one attached hydrogen (secondary N) is 2. The summed E-state index contributed by atoms with van der Waals surface area (Å²) in [6.07, 6.45) is 3.03. The van der Waals surface area contributed by atoms with Crippen molar-refractivity contribution in [3.63, 3.8) is 0 Å². The summed E-state index contributed by atoms with van der Waals surface area (Å²) in [7, 11) is -3.31. The van der Waals surface area contributed by atoms with Gasteiger partial charge in [0, 0.05) is 6.04 Å². The third-order valence-corrected chi connectivity index (χ3v) is 4.43. The van der Waals surface area contributed by atoms with Crippen molar-refractivity contribution in [3.8, 4) is 0 Å². The zero-order valence-corrected chi connectivity index (χ0v) is 11.6. The van der Waals surface area contributed by atoms with Crippen LogP contribution in [0.1, 0.15) is 19.3 Å². The monoisotopic (exact) mass is 288 g/mol. The van der Waals surface area contributed by atoms with Gasteiger partial charge < -0.3 is 5.32 Å². The van der Waals surface area contributed by atoms with Crippen molar-refractivity contribution in [1.29, 1.82) is 0 Å². The number of benzene rings is 1. The molecule has 4 nitrogen and oxygen atoms in total. The van der Waals surface area contributed by atoms with Crippen LogP contribution < -0.4 is 10.0 Å². The molecule has 0 bridgehead atoms. The minimum absolute atomic E-state index is 0.109. The van der Waals surface area contributed by atoms with Gasteiger partial charge in [0.05, 0.1) is 16.5 Å². The van der Waals surface area contributed by atoms with Gasteiger partial charge in [-0.1, -0.05) is 23.7 Å². The fraction of sp³-hybridized carbons (Fsp3) is 0.500. The second-order valence-electron chi connectivity index (χ2n) is 4.48. The van der Waals surface area contributed by atoms with Crippen molar-refractivity contribution in [2.45, 2.75) is 25.3 Å². The van der Waals surface area contributed by atoms with Gasteiger partial charge in [-0.25, -0.2) is 8.42 Å². The van der Waals surface area contributed by atoms with Gasteiger partial charge in [0.2, 0.25) is 10.0 Å². The second kappa shape index (κ2) is 5.91. The molecule has 100 valence electrons. The smallest absolute Gasteiger partial charge is 0.232 e. The van der Waals surface area contributed by atoms with Gasteiger partial charge in [-0.05, 0) is 37.9 Å². The van der Waals surface area contributed by atoms with Crippen LogP contribution in [0.3, 0.4) is 0 Å². The molecule has 1 saturated carbocycles. The SMILES string of the molecule is O=S(=O)(CCCNC1CC1)Nc1ccccc1Cl. The summed E-state index contributed by atoms with van der Waals surface area (Å²) >= 11 is 5.90. The molecule has 0 atom stereocenters. The Morgan fingerprint density at radius 2 is 2.00 bits per heavy atom. The number of sulfonamides is 1. The standard InChI is InChI=1S/C12H17ClN2O2S/c13-11-4-1-2-5-12(11)15-18(16,17)9-3-8-14-10-6-7-10/h1-2,4-5,10,14-15H,3,6-9H2. The highest BCUT2D eigenvalue weighted by Gasteiger charge is 2.20. The zero-order valence-electron chi connectivity index (χ0n) is 10.0. The Hall–Kier alpha value is -0.780. The highest BCUT2D eigenvalue weighted by atomic mass is 35.5. The van der Waals surface area contributed by atoms with Crippen molar-refractivity contribution < 1.29 is 8.42 Å². The van der Waals surface area contributed by atoms with Crippen molar-refractivity contribution in [1.82, 2.24) is 5.32 Å². The lowest BCUT2D eigenvalue weighted by Crippen LogP contribution is -2.23. The number of para-hydroxylation sites is 1. The Morgan fingerprint density at radius 3 is 2.67 bits per heavy atom. The number of halogens is 1. The average molecular weight is 289 g/mol. The molecule has 18 heavy (non-hydrogen) atoms. The summed E-state index contributed by atoms with van der Waals surface area (Å²) in [4.78, 5) is 0. The first-order valence-electron chi connectivity index (χ1n) is 6.05. The van der Waals surface area contributed by atoms with Crippen LogP contribution in [0.15, 0.2) is 24.3 Å². The Balaban J connectivity index is 1.80. The predicted molar refractivity (Wildman–Crippen MR) is 74.5 cm³/mol. The van der Waals surface area contributed by atoms with Gasteiger partial charge in [0.25, 0.3) is 0 Å². The summed E-state index contributed by atoms with van der Waals surface area (Å²) in [5.41, 5.74) is 0.439. The first-order chi connectivity index (χ1) is 8.57. The Kier molecular flexibility index (Phi) is 4.48. The van der Waals surface area contributed by atoms with Gasteiger partial charge in [-0.15, -0.1) is 0 Å². The number of hydrogen-bond acceptors (Lipinski definition) is 3. The lowest BCUT2D eigenvalue weighted by Gasteiger charge is -2.09. The van der Waals surface area contributed by atoms with Crippen molar-refractivity contribution >= 4 is 27.3 Å². The molecule has 2 rings (SSSR count). The first-order valence-corrected chi connectivity index (χ1v) is 8.08. The summed E-state index contributed by atoms with van der Waals surface area (Å²) in [6, 6.07) is 7.44. The van der Waals surface area contributed by atoms with E-state index in [0.29, 0.717) is 23.2 Å². The van der Waals surface area contributed by atoms with Crippen LogP contribution in [0, 0.1) is 0 Å². The van der Waals surface area contributed by atoms with Gasteiger partial charge in [0.15, 0.2) is 0 Å². The first kappa shape index (κ1) is 13.6. The number of rotatable bonds is 7. The van der Waals surface area contributed by atoms with Gasteiger partial charge in [-0.3, -0.25) is 4.72 Å². The Bertz CT molecular complexity index is 501. The molecule has 0 aliphatic heterocycles. The molecule has 1 aromatic rings. The molecule has 0 amide bonds. The molecular weight excluding hydrogens is 272 g/mol. The minimum atomic E-state index is -3.31. The van der Waals surface area contributed by atoms with E-state index >= 15 is 0 Å². The Labute approximate surface area is 113 Å². The van der Waals surface area contributed by atoms with Crippen LogP contribution in [0.4, 0.5) is 5.69 Å². The van der Waals surface area contributed by atoms with Crippen molar-refractivity contribution in [2.24, 2.45) is 0 Å². The van der Waals surface area contributed by atoms with Crippen LogP contribution in [0.5, 0.6) is 0 Å². The third-order valence-electron chi connectivity index (χ3n) is 2.74. The maximum Gasteiger partial charge on any atom is 0.232 e. The molecule has 2 N–H and O–H groups in total. The van der Waals surface area contributed by atoms with E-state index in [9.17, 15) is 8.42 Å². The van der Waals surface area contributed by atoms with Gasteiger partial charge >= 0.3 is 0 Å². The van der Waals surface area contributed by atoms with E-state index in [-0.39, 0.29) is 5.75 Å². The highest BCUT2D eigenvalue weighted by Crippen LogP contribution is 2.22. The average Bonchev–Trinajstić information content (AvgIpc) is 3.12. The second-order valence-corrected chi connectivity index (χ2v) is 6.73. The van der Waals surface area contributed by atoms with E-state index in [2.05, 4.69) is 10.0 Å². The molecule has 6 heteroatoms. The molecule has 0 spiro atoms. The van der Waals surface area contributed by atoms with Crippen LogP contribution in [-0.2, 0) is 10.0 Å². The number of anilines is 1. The third kappa shape index (κ3) is 4.48. The molecule has 0 aromatic heterocycles. The molecule has 0 unspecified atom stereocenters. The largest absolute Gasteiger partial charge is 0.314 e. The zero-order chi connectivity index (χ0) is 13.0. The maximum absolute atomic E-state index is 11.8. The minimum Gasteiger partial charge on any atom is -0.314 e. The molecule has 1 aromatic carbocycles. The van der Waals surface area contributed by atoms with E-state index in [1.54, 1.807) is 24.3 Å². The summed E-state index contributed by atoms with van der Waals surface area (Å²) in [6.45, 7) is 0.744. The fourth-order valence-corrected chi connectivity index (χ4v) is 3.00. The van der Waals surface area contributed by atoms with Crippen LogP contribution >= 0.6 is 11.6 Å². The van der Waals surface area contributed by atoms with E-state index < -0.39 is 10.0 Å². The Morgan fingerprint density at radius 1 is 1.28 bits per heavy atom. The number of hydrogen-bond donors (Lipinski definition) is 2. The van der Waals surface area contributed by atoms with Crippen LogP contribution in [0.25, 0.3) is 0 Å². The van der Waals surface area contributed by atoms with E-state index in [4.69, 9.17) is 11.6 Å². The van der Waals surface area contributed by atoms with Crippen LogP contribution in [0.2, 0.25) is 5.02 Å². The fourth-order valence-electron chi connectivity index (χ4n) is 1.62. The van der Waals surface area contributed by atoms with E-state index in [1.807, 2.05) is 0 Å². The summed E-state index contributed by atoms with van der Waals surface area (Å²) in [5, 5.41) is 3.70.